The fourth-order valence-corrected chi connectivity index (χ4v) is 2.29. The number of hydrogen-bond acceptors (Lipinski definition) is 8. The van der Waals surface area contributed by atoms with Crippen molar-refractivity contribution >= 4 is 73.9 Å². The zero-order chi connectivity index (χ0) is 22.3. The van der Waals surface area contributed by atoms with Crippen molar-refractivity contribution in [3.05, 3.63) is 53.6 Å². The van der Waals surface area contributed by atoms with E-state index < -0.39 is 17.1 Å². The second kappa shape index (κ2) is 10.5. The second-order valence-electron chi connectivity index (χ2n) is 5.57. The van der Waals surface area contributed by atoms with Crippen LogP contribution in [0.3, 0.4) is 0 Å². The summed E-state index contributed by atoms with van der Waals surface area (Å²) in [7, 11) is 1.11. The van der Waals surface area contributed by atoms with Crippen molar-refractivity contribution in [3.8, 4) is 0 Å². The van der Waals surface area contributed by atoms with Crippen molar-refractivity contribution in [3.63, 3.8) is 0 Å². The lowest BCUT2D eigenvalue weighted by molar-refractivity contribution is -0.152. The van der Waals surface area contributed by atoms with Crippen LogP contribution in [0.25, 0.3) is 0 Å². The molecule has 1 aliphatic rings. The number of amides is 1. The molecule has 30 heavy (non-hydrogen) atoms. The van der Waals surface area contributed by atoms with Crippen LogP contribution in [0.4, 0.5) is 11.6 Å². The van der Waals surface area contributed by atoms with Crippen molar-refractivity contribution in [2.24, 2.45) is 4.99 Å². The number of hydrogen-bond donors (Lipinski definition) is 2. The molecule has 2 heterocycles. The lowest BCUT2D eigenvalue weighted by Crippen LogP contribution is -2.36. The number of nitrogens with one attached hydrogen (secondary N) is 2. The van der Waals surface area contributed by atoms with Gasteiger partial charge in [0.15, 0.2) is 11.6 Å². The van der Waals surface area contributed by atoms with Gasteiger partial charge in [-0.25, -0.2) is 14.8 Å². The molecule has 0 aliphatic carbocycles. The zero-order valence-corrected chi connectivity index (χ0v) is 18.4. The van der Waals surface area contributed by atoms with Crippen molar-refractivity contribution in [1.82, 2.24) is 10.4 Å². The lowest BCUT2D eigenvalue weighted by Gasteiger charge is -2.15. The lowest BCUT2D eigenvalue weighted by atomic mass is 9.98. The smallest absolute Gasteiger partial charge is 0.398 e. The molecule has 13 heteroatoms. The Morgan fingerprint density at radius 3 is 2.33 bits per heavy atom. The number of carbonyl (C=O) groups is 3. The van der Waals surface area contributed by atoms with Gasteiger partial charge in [0, 0.05) is 17.5 Å². The van der Waals surface area contributed by atoms with Crippen LogP contribution in [0.5, 0.6) is 0 Å². The van der Waals surface area contributed by atoms with Crippen molar-refractivity contribution in [2.75, 3.05) is 12.5 Å². The summed E-state index contributed by atoms with van der Waals surface area (Å²) in [5.74, 6) is -1.40. The monoisotopic (exact) mass is 490 g/mol. The Hall–Kier alpha value is -2.45. The van der Waals surface area contributed by atoms with Crippen molar-refractivity contribution in [2.45, 2.75) is 6.42 Å². The normalized spacial score (nSPS) is 12.5. The molecular weight excluding hydrogens is 478 g/mol. The average Bonchev–Trinajstić information content (AvgIpc) is 2.70. The number of methoxy groups -OCH3 is 1. The molecule has 1 aromatic carbocycles. The summed E-state index contributed by atoms with van der Waals surface area (Å²) in [6.07, 6.45) is 0.199. The van der Waals surface area contributed by atoms with E-state index in [9.17, 15) is 18.9 Å². The minimum absolute atomic E-state index is 0.0831. The van der Waals surface area contributed by atoms with Crippen LogP contribution in [-0.2, 0) is 30.1 Å². The molecule has 0 spiro atoms. The zero-order valence-electron chi connectivity index (χ0n) is 15.3. The number of benzene rings is 1. The van der Waals surface area contributed by atoms with Crippen LogP contribution in [0.15, 0.2) is 47.5 Å². The van der Waals surface area contributed by atoms with E-state index in [1.807, 2.05) is 18.2 Å². The summed E-state index contributed by atoms with van der Waals surface area (Å²) in [5.41, 5.74) is 6.43. The highest BCUT2D eigenvalue weighted by Crippen LogP contribution is 2.61. The minimum Gasteiger partial charge on any atom is -0.462 e. The predicted molar refractivity (Wildman–Crippen MR) is 115 cm³/mol. The number of ether oxygens (including phenoxy) is 1. The Labute approximate surface area is 185 Å². The van der Waals surface area contributed by atoms with Crippen LogP contribution >= 0.6 is 38.9 Å². The first-order valence-corrected chi connectivity index (χ1v) is 12.5. The number of pyridine rings is 1. The Morgan fingerprint density at radius 1 is 1.10 bits per heavy atom. The van der Waals surface area contributed by atoms with Crippen LogP contribution in [-0.4, -0.2) is 35.5 Å². The fraction of sp³-hybridized carbons (Fsp3) is 0.118. The standard InChI is InChI=1S/C17H14N4O4.Cl3OP/c1-25-17(24)16(23)21-20-13-8-7-11-9-12(22)14(19-15(11)18-13)10-5-3-2-4-6-10;1-5(2,3)4/h2-8H,9H2,1H3,(H,18,20)(H,21,23);. The minimum atomic E-state index is -3.22. The van der Waals surface area contributed by atoms with Gasteiger partial charge in [-0.3, -0.25) is 25.0 Å². The van der Waals surface area contributed by atoms with E-state index in [4.69, 9.17) is 0 Å². The van der Waals surface area contributed by atoms with E-state index in [1.54, 1.807) is 24.3 Å². The highest BCUT2D eigenvalue weighted by Gasteiger charge is 2.23. The molecule has 0 fully saturated rings. The third kappa shape index (κ3) is 7.42. The Bertz CT molecular complexity index is 1030. The van der Waals surface area contributed by atoms with E-state index in [0.29, 0.717) is 17.1 Å². The van der Waals surface area contributed by atoms with E-state index in [-0.39, 0.29) is 18.0 Å². The molecule has 0 atom stereocenters. The third-order valence-corrected chi connectivity index (χ3v) is 3.51. The number of hydrazine groups is 1. The van der Waals surface area contributed by atoms with Gasteiger partial charge in [-0.2, -0.15) is 0 Å². The maximum absolute atomic E-state index is 12.3. The molecule has 3 rings (SSSR count). The van der Waals surface area contributed by atoms with Crippen molar-refractivity contribution < 1.29 is 23.7 Å². The van der Waals surface area contributed by atoms with Gasteiger partial charge < -0.3 is 4.74 Å². The number of carbonyl (C=O) groups excluding carboxylic acids is 3. The maximum Gasteiger partial charge on any atom is 0.398 e. The predicted octanol–water partition coefficient (Wildman–Crippen LogP) is 3.75. The van der Waals surface area contributed by atoms with Gasteiger partial charge in [-0.05, 0) is 39.8 Å². The van der Waals surface area contributed by atoms with Gasteiger partial charge in [-0.15, -0.1) is 0 Å². The summed E-state index contributed by atoms with van der Waals surface area (Å²) >= 11 is 13.8. The van der Waals surface area contributed by atoms with Crippen LogP contribution in [0.1, 0.15) is 11.1 Å². The second-order valence-corrected chi connectivity index (χ2v) is 12.2. The number of anilines is 1. The molecule has 158 valence electrons. The maximum atomic E-state index is 12.3. The van der Waals surface area contributed by atoms with E-state index in [1.165, 1.54) is 0 Å². The average molecular weight is 492 g/mol. The number of esters is 1. The van der Waals surface area contributed by atoms with E-state index in [2.05, 4.69) is 59.3 Å². The molecule has 0 radical (unpaired) electrons. The van der Waals surface area contributed by atoms with E-state index >= 15 is 0 Å². The van der Waals surface area contributed by atoms with Gasteiger partial charge in [-0.1, -0.05) is 36.4 Å². The Kier molecular flexibility index (Phi) is 8.37. The first kappa shape index (κ1) is 23.8. The molecule has 0 bridgehead atoms. The molecule has 9 nitrogen and oxygen atoms in total. The highest BCUT2D eigenvalue weighted by atomic mass is 36.0. The quantitative estimate of drug-likeness (QED) is 0.290. The third-order valence-electron chi connectivity index (χ3n) is 3.51. The molecule has 1 aliphatic heterocycles. The molecule has 2 aromatic rings. The van der Waals surface area contributed by atoms with Gasteiger partial charge in [0.05, 0.1) is 7.11 Å². The van der Waals surface area contributed by atoms with Crippen LogP contribution in [0, 0.1) is 0 Å². The Balaban J connectivity index is 0.000000575. The summed E-state index contributed by atoms with van der Waals surface area (Å²) in [6.45, 7) is 0. The largest absolute Gasteiger partial charge is 0.462 e. The summed E-state index contributed by atoms with van der Waals surface area (Å²) < 4.78 is 13.8. The summed E-state index contributed by atoms with van der Waals surface area (Å²) in [4.78, 5) is 43.3. The summed E-state index contributed by atoms with van der Waals surface area (Å²) in [6, 6.07) is 12.4. The number of aliphatic imine (C=N–C) groups is 1. The number of aromatic nitrogens is 1. The summed E-state index contributed by atoms with van der Waals surface area (Å²) in [5, 5.41) is -3.22. The Morgan fingerprint density at radius 2 is 1.73 bits per heavy atom. The molecule has 0 unspecified atom stereocenters. The van der Waals surface area contributed by atoms with Gasteiger partial charge in [0.1, 0.15) is 11.5 Å². The molecule has 1 amide bonds. The first-order valence-electron chi connectivity index (χ1n) is 8.09. The topological polar surface area (TPSA) is 127 Å². The molecule has 1 aromatic heterocycles. The number of ketones is 1. The van der Waals surface area contributed by atoms with Gasteiger partial charge in [0.2, 0.25) is 0 Å². The first-order chi connectivity index (χ1) is 14.1. The molecule has 0 saturated carbocycles. The van der Waals surface area contributed by atoms with Crippen LogP contribution in [0.2, 0.25) is 0 Å². The SMILES string of the molecule is COC(=O)C(=O)NNc1ccc2c(n1)N=C(c1ccccc1)C(=O)C2.O=P(Cl)(Cl)Cl. The molecule has 2 N–H and O–H groups in total. The van der Waals surface area contributed by atoms with Crippen LogP contribution < -0.4 is 10.9 Å². The van der Waals surface area contributed by atoms with Gasteiger partial charge in [0.25, 0.3) is 0 Å². The number of Topliss-reactive ketones (excluding diaryl/α,β-unsaturated/α-hetero) is 1. The fourth-order valence-electron chi connectivity index (χ4n) is 2.29. The number of nitrogens with zero attached hydrogens (tertiary/aromatic N) is 2. The number of halogens is 3. The highest BCUT2D eigenvalue weighted by molar-refractivity contribution is 8.24. The van der Waals surface area contributed by atoms with E-state index in [0.717, 1.165) is 12.7 Å². The molecular formula is C17H14Cl3N4O5P. The number of fused-ring (bicyclic) bond motifs is 1. The van der Waals surface area contributed by atoms with Crippen molar-refractivity contribution in [1.29, 1.82) is 0 Å². The van der Waals surface area contributed by atoms with Gasteiger partial charge >= 0.3 is 17.1 Å². The number of rotatable bonds is 3. The molecule has 0 saturated heterocycles.